The van der Waals surface area contributed by atoms with Crippen LogP contribution in [-0.2, 0) is 5.75 Å². The van der Waals surface area contributed by atoms with Crippen molar-refractivity contribution < 1.29 is 14.4 Å². The van der Waals surface area contributed by atoms with E-state index >= 15 is 0 Å². The molecule has 0 saturated carbocycles. The summed E-state index contributed by atoms with van der Waals surface area (Å²) in [4.78, 5) is 40.5. The van der Waals surface area contributed by atoms with Crippen LogP contribution in [0.5, 0.6) is 0 Å². The average molecular weight is 456 g/mol. The van der Waals surface area contributed by atoms with Crippen LogP contribution in [0.25, 0.3) is 0 Å². The van der Waals surface area contributed by atoms with Crippen molar-refractivity contribution in [2.45, 2.75) is 31.4 Å². The molecule has 0 unspecified atom stereocenters. The van der Waals surface area contributed by atoms with Gasteiger partial charge in [0.1, 0.15) is 5.69 Å². The number of Topliss-reactive ketones (excluding diaryl/α,β-unsaturated/α-hetero) is 1. The number of aryl methyl sites for hydroxylation is 1. The molecular formula is C23H22ClN3O3S. The molecule has 160 valence electrons. The van der Waals surface area contributed by atoms with Crippen LogP contribution in [0.2, 0.25) is 5.02 Å². The lowest BCUT2D eigenvalue weighted by molar-refractivity contribution is 0.0844. The summed E-state index contributed by atoms with van der Waals surface area (Å²) < 4.78 is 0. The first-order valence-electron chi connectivity index (χ1n) is 9.54. The van der Waals surface area contributed by atoms with Crippen molar-refractivity contribution in [3.05, 3.63) is 87.2 Å². The summed E-state index contributed by atoms with van der Waals surface area (Å²) >= 11 is 7.57. The number of hydrogen-bond donors (Lipinski definition) is 3. The zero-order valence-corrected chi connectivity index (χ0v) is 18.9. The number of halogens is 1. The molecule has 0 fully saturated rings. The number of carbonyl (C=O) groups excluding carboxylic acids is 3. The van der Waals surface area contributed by atoms with Gasteiger partial charge in [0.2, 0.25) is 0 Å². The molecule has 0 saturated heterocycles. The summed E-state index contributed by atoms with van der Waals surface area (Å²) in [5.41, 5.74) is 8.19. The topological polar surface area (TPSA) is 91.1 Å². The second-order valence-electron chi connectivity index (χ2n) is 7.03. The van der Waals surface area contributed by atoms with Crippen molar-refractivity contribution in [3.63, 3.8) is 0 Å². The van der Waals surface area contributed by atoms with E-state index in [0.717, 1.165) is 16.2 Å². The largest absolute Gasteiger partial charge is 0.354 e. The maximum atomic E-state index is 12.4. The van der Waals surface area contributed by atoms with E-state index in [4.69, 9.17) is 11.6 Å². The molecule has 3 aromatic rings. The lowest BCUT2D eigenvalue weighted by atomic mass is 10.1. The highest BCUT2D eigenvalue weighted by atomic mass is 35.5. The number of benzene rings is 2. The normalized spacial score (nSPS) is 10.6. The van der Waals surface area contributed by atoms with Gasteiger partial charge in [-0.1, -0.05) is 23.7 Å². The Labute approximate surface area is 189 Å². The molecule has 8 heteroatoms. The van der Waals surface area contributed by atoms with Gasteiger partial charge in [-0.05, 0) is 68.3 Å². The minimum absolute atomic E-state index is 0.122. The summed E-state index contributed by atoms with van der Waals surface area (Å²) in [6.07, 6.45) is 0. The van der Waals surface area contributed by atoms with Crippen LogP contribution in [0.1, 0.15) is 54.9 Å². The third-order valence-electron chi connectivity index (χ3n) is 4.74. The first-order valence-corrected chi connectivity index (χ1v) is 10.9. The lowest BCUT2D eigenvalue weighted by Crippen LogP contribution is -2.42. The smallest absolute Gasteiger partial charge is 0.286 e. The van der Waals surface area contributed by atoms with E-state index < -0.39 is 11.8 Å². The van der Waals surface area contributed by atoms with Crippen LogP contribution < -0.4 is 10.9 Å². The van der Waals surface area contributed by atoms with Crippen LogP contribution in [0.4, 0.5) is 0 Å². The van der Waals surface area contributed by atoms with Crippen molar-refractivity contribution in [1.29, 1.82) is 0 Å². The fourth-order valence-corrected chi connectivity index (χ4v) is 4.18. The van der Waals surface area contributed by atoms with E-state index in [1.54, 1.807) is 37.7 Å². The fraction of sp³-hybridized carbons (Fsp3) is 0.174. The maximum Gasteiger partial charge on any atom is 0.286 e. The Morgan fingerprint density at radius 1 is 0.935 bits per heavy atom. The molecule has 0 aliphatic heterocycles. The summed E-state index contributed by atoms with van der Waals surface area (Å²) in [6.45, 7) is 4.87. The quantitative estimate of drug-likeness (QED) is 0.281. The molecule has 0 aliphatic rings. The van der Waals surface area contributed by atoms with E-state index in [-0.39, 0.29) is 11.5 Å². The Morgan fingerprint density at radius 3 is 2.13 bits per heavy atom. The number of H-pyrrole nitrogens is 1. The molecular weight excluding hydrogens is 434 g/mol. The number of hydrogen-bond acceptors (Lipinski definition) is 4. The molecule has 0 spiro atoms. The summed E-state index contributed by atoms with van der Waals surface area (Å²) in [6, 6.07) is 14.8. The van der Waals surface area contributed by atoms with E-state index in [0.29, 0.717) is 27.4 Å². The first kappa shape index (κ1) is 22.7. The number of hydrazine groups is 1. The van der Waals surface area contributed by atoms with Gasteiger partial charge in [0.05, 0.1) is 0 Å². The zero-order chi connectivity index (χ0) is 22.5. The highest BCUT2D eigenvalue weighted by Gasteiger charge is 2.20. The van der Waals surface area contributed by atoms with Crippen molar-refractivity contribution in [1.82, 2.24) is 15.8 Å². The van der Waals surface area contributed by atoms with Gasteiger partial charge in [-0.15, -0.1) is 11.8 Å². The summed E-state index contributed by atoms with van der Waals surface area (Å²) in [5, 5.41) is 0.702. The number of ketones is 1. The number of carbonyl (C=O) groups is 3. The maximum absolute atomic E-state index is 12.4. The second-order valence-corrected chi connectivity index (χ2v) is 8.51. The molecule has 1 heterocycles. The molecule has 1 aromatic heterocycles. The molecule has 3 N–H and O–H groups in total. The monoisotopic (exact) mass is 455 g/mol. The van der Waals surface area contributed by atoms with Gasteiger partial charge in [0.25, 0.3) is 11.8 Å². The first-order chi connectivity index (χ1) is 14.8. The molecule has 3 rings (SSSR count). The Kier molecular flexibility index (Phi) is 7.20. The van der Waals surface area contributed by atoms with Gasteiger partial charge in [-0.2, -0.15) is 0 Å². The third-order valence-corrected chi connectivity index (χ3v) is 6.08. The number of thioether (sulfide) groups is 1. The third kappa shape index (κ3) is 5.57. The Hall–Kier alpha value is -3.03. The molecule has 0 radical (unpaired) electrons. The molecule has 2 aromatic carbocycles. The van der Waals surface area contributed by atoms with E-state index in [1.807, 2.05) is 36.4 Å². The van der Waals surface area contributed by atoms with Crippen molar-refractivity contribution in [3.8, 4) is 0 Å². The Morgan fingerprint density at radius 2 is 1.55 bits per heavy atom. The van der Waals surface area contributed by atoms with E-state index in [9.17, 15) is 14.4 Å². The van der Waals surface area contributed by atoms with Gasteiger partial charge in [-0.25, -0.2) is 0 Å². The van der Waals surface area contributed by atoms with Crippen molar-refractivity contribution >= 4 is 41.0 Å². The van der Waals surface area contributed by atoms with Crippen LogP contribution in [0.3, 0.4) is 0 Å². The highest BCUT2D eigenvalue weighted by Crippen LogP contribution is 2.24. The zero-order valence-electron chi connectivity index (χ0n) is 17.3. The van der Waals surface area contributed by atoms with Crippen LogP contribution in [0.15, 0.2) is 53.4 Å². The molecule has 0 bridgehead atoms. The van der Waals surface area contributed by atoms with Gasteiger partial charge in [0, 0.05) is 32.5 Å². The van der Waals surface area contributed by atoms with Crippen LogP contribution in [-0.4, -0.2) is 22.6 Å². The van der Waals surface area contributed by atoms with Crippen molar-refractivity contribution in [2.24, 2.45) is 0 Å². The Balaban J connectivity index is 1.56. The van der Waals surface area contributed by atoms with Crippen LogP contribution >= 0.6 is 23.4 Å². The van der Waals surface area contributed by atoms with E-state index in [2.05, 4.69) is 15.8 Å². The second kappa shape index (κ2) is 9.85. The SMILES string of the molecule is CC(=O)c1c(C)[nH]c(C(=O)NNC(=O)c2ccc(CSc3ccc(Cl)cc3)cc2)c1C. The minimum atomic E-state index is -0.516. The fourth-order valence-electron chi connectivity index (χ4n) is 3.20. The standard InChI is InChI=1S/C23H22ClN3O3S/c1-13-20(15(3)28)14(2)25-21(13)23(30)27-26-22(29)17-6-4-16(5-7-17)12-31-19-10-8-18(24)9-11-19/h4-11,25H,12H2,1-3H3,(H,26,29)(H,27,30). The minimum Gasteiger partial charge on any atom is -0.354 e. The van der Waals surface area contributed by atoms with Gasteiger partial charge in [0.15, 0.2) is 5.78 Å². The predicted octanol–water partition coefficient (Wildman–Crippen LogP) is 4.85. The number of rotatable bonds is 6. The van der Waals surface area contributed by atoms with Gasteiger partial charge < -0.3 is 4.98 Å². The summed E-state index contributed by atoms with van der Waals surface area (Å²) in [5.74, 6) is -0.316. The molecule has 2 amide bonds. The summed E-state index contributed by atoms with van der Waals surface area (Å²) in [7, 11) is 0. The van der Waals surface area contributed by atoms with E-state index in [1.165, 1.54) is 6.92 Å². The predicted molar refractivity (Wildman–Crippen MR) is 123 cm³/mol. The highest BCUT2D eigenvalue weighted by molar-refractivity contribution is 7.98. The molecule has 31 heavy (non-hydrogen) atoms. The molecule has 6 nitrogen and oxygen atoms in total. The molecule has 0 aliphatic carbocycles. The van der Waals surface area contributed by atoms with Crippen molar-refractivity contribution in [2.75, 3.05) is 0 Å². The Bertz CT molecular complexity index is 1120. The average Bonchev–Trinajstić information content (AvgIpc) is 3.06. The number of aromatic nitrogens is 1. The van der Waals surface area contributed by atoms with Gasteiger partial charge in [-0.3, -0.25) is 25.2 Å². The lowest BCUT2D eigenvalue weighted by Gasteiger charge is -2.08. The number of amides is 2. The number of nitrogens with one attached hydrogen (secondary N) is 3. The van der Waals surface area contributed by atoms with Gasteiger partial charge >= 0.3 is 0 Å². The van der Waals surface area contributed by atoms with Crippen LogP contribution in [0, 0.1) is 13.8 Å². The molecule has 0 atom stereocenters. The number of aromatic amines is 1.